The van der Waals surface area contributed by atoms with E-state index in [2.05, 4.69) is 11.8 Å². The summed E-state index contributed by atoms with van der Waals surface area (Å²) >= 11 is 0. The van der Waals surface area contributed by atoms with E-state index < -0.39 is 6.10 Å². The molecule has 0 spiro atoms. The Kier molecular flexibility index (Phi) is 10.1. The zero-order valence-corrected chi connectivity index (χ0v) is 16.9. The summed E-state index contributed by atoms with van der Waals surface area (Å²) in [6, 6.07) is 4.26. The Morgan fingerprint density at radius 2 is 1.77 bits per heavy atom. The number of rotatable bonds is 9. The average Bonchev–Trinajstić information content (AvgIpc) is 2.62. The number of piperidine rings is 1. The number of methoxy groups -OCH3 is 3. The second-order valence-electron chi connectivity index (χ2n) is 6.54. The summed E-state index contributed by atoms with van der Waals surface area (Å²) in [5, 5.41) is 10.2. The summed E-state index contributed by atoms with van der Waals surface area (Å²) in [5.74, 6) is 1.76. The molecule has 0 aromatic heterocycles. The first-order chi connectivity index (χ1) is 12.1. The van der Waals surface area contributed by atoms with E-state index in [1.807, 2.05) is 12.1 Å². The number of aliphatic hydroxyl groups excluding tert-OH is 1. The van der Waals surface area contributed by atoms with Gasteiger partial charge in [0.15, 0.2) is 11.5 Å². The third-order valence-electron chi connectivity index (χ3n) is 4.69. The highest BCUT2D eigenvalue weighted by Crippen LogP contribution is 2.38. The molecule has 150 valence electrons. The fourth-order valence-corrected chi connectivity index (χ4v) is 3.28. The lowest BCUT2D eigenvalue weighted by Crippen LogP contribution is -3.00. The first kappa shape index (κ1) is 22.8. The molecule has 26 heavy (non-hydrogen) atoms. The standard InChI is InChI=1S/C19H31NO5.ClH/c1-14-7-5-6-8-20(14)11-16(21)13-25-12-15-9-17(22-2)19(24-4)18(10-15)23-3;/h9-10,14,16,21H,5-8,11-13H2,1-4H3;1H/p-1. The number of hydrogen-bond donors (Lipinski definition) is 1. The van der Waals surface area contributed by atoms with Gasteiger partial charge in [-0.15, -0.1) is 0 Å². The van der Waals surface area contributed by atoms with Crippen molar-refractivity contribution in [3.05, 3.63) is 17.7 Å². The quantitative estimate of drug-likeness (QED) is 0.613. The van der Waals surface area contributed by atoms with Gasteiger partial charge in [0.1, 0.15) is 0 Å². The van der Waals surface area contributed by atoms with Gasteiger partial charge in [0.2, 0.25) is 5.75 Å². The highest BCUT2D eigenvalue weighted by Gasteiger charge is 2.21. The zero-order chi connectivity index (χ0) is 18.2. The molecule has 1 aromatic rings. The zero-order valence-electron chi connectivity index (χ0n) is 16.2. The summed E-state index contributed by atoms with van der Waals surface area (Å²) in [7, 11) is 4.76. The maximum Gasteiger partial charge on any atom is 0.203 e. The summed E-state index contributed by atoms with van der Waals surface area (Å²) in [4.78, 5) is 2.34. The van der Waals surface area contributed by atoms with E-state index in [-0.39, 0.29) is 12.4 Å². The number of likely N-dealkylation sites (tertiary alicyclic amines) is 1. The number of hydrogen-bond acceptors (Lipinski definition) is 6. The van der Waals surface area contributed by atoms with E-state index in [9.17, 15) is 5.11 Å². The van der Waals surface area contributed by atoms with Crippen LogP contribution in [0.5, 0.6) is 17.2 Å². The highest BCUT2D eigenvalue weighted by atomic mass is 35.5. The minimum atomic E-state index is -0.484. The molecule has 0 radical (unpaired) electrons. The van der Waals surface area contributed by atoms with Crippen LogP contribution in [0.3, 0.4) is 0 Å². The Balaban J connectivity index is 0.00000338. The minimum Gasteiger partial charge on any atom is -1.00 e. The molecule has 1 fully saturated rings. The Bertz CT molecular complexity index is 518. The molecule has 7 heteroatoms. The topological polar surface area (TPSA) is 60.4 Å². The van der Waals surface area contributed by atoms with Gasteiger partial charge in [0.05, 0.1) is 40.6 Å². The smallest absolute Gasteiger partial charge is 0.203 e. The van der Waals surface area contributed by atoms with Crippen molar-refractivity contribution in [2.24, 2.45) is 0 Å². The van der Waals surface area contributed by atoms with Gasteiger partial charge in [-0.1, -0.05) is 6.42 Å². The second kappa shape index (κ2) is 11.5. The van der Waals surface area contributed by atoms with E-state index in [0.717, 1.165) is 12.1 Å². The van der Waals surface area contributed by atoms with Gasteiger partial charge in [0, 0.05) is 12.6 Å². The molecule has 2 rings (SSSR count). The SMILES string of the molecule is COc1cc(COCC(O)CN2CCCCC2C)cc(OC)c1OC.[Cl-]. The van der Waals surface area contributed by atoms with Gasteiger partial charge in [-0.05, 0) is 44.0 Å². The molecule has 1 aliphatic rings. The van der Waals surface area contributed by atoms with Gasteiger partial charge < -0.3 is 36.5 Å². The number of aliphatic hydroxyl groups is 1. The molecule has 1 heterocycles. The van der Waals surface area contributed by atoms with Gasteiger partial charge in [-0.25, -0.2) is 0 Å². The van der Waals surface area contributed by atoms with E-state index in [1.165, 1.54) is 19.3 Å². The Hall–Kier alpha value is -1.21. The van der Waals surface area contributed by atoms with E-state index in [1.54, 1.807) is 21.3 Å². The molecule has 6 nitrogen and oxygen atoms in total. The Labute approximate surface area is 162 Å². The highest BCUT2D eigenvalue weighted by molar-refractivity contribution is 5.53. The lowest BCUT2D eigenvalue weighted by molar-refractivity contribution is -0.00147. The molecule has 2 unspecified atom stereocenters. The fourth-order valence-electron chi connectivity index (χ4n) is 3.28. The van der Waals surface area contributed by atoms with Crippen molar-refractivity contribution in [3.8, 4) is 17.2 Å². The second-order valence-corrected chi connectivity index (χ2v) is 6.54. The van der Waals surface area contributed by atoms with Crippen molar-refractivity contribution in [2.75, 3.05) is 41.0 Å². The van der Waals surface area contributed by atoms with Crippen molar-refractivity contribution in [1.29, 1.82) is 0 Å². The molecular weight excluding hydrogens is 358 g/mol. The van der Waals surface area contributed by atoms with E-state index in [0.29, 0.717) is 43.0 Å². The van der Waals surface area contributed by atoms with Crippen molar-refractivity contribution in [1.82, 2.24) is 4.90 Å². The molecule has 1 aliphatic heterocycles. The lowest BCUT2D eigenvalue weighted by Gasteiger charge is -2.34. The molecule has 1 aromatic carbocycles. The third kappa shape index (κ3) is 6.20. The molecule has 1 N–H and O–H groups in total. The summed E-state index contributed by atoms with van der Waals surface area (Å²) in [6.07, 6.45) is 3.22. The van der Waals surface area contributed by atoms with Crippen LogP contribution >= 0.6 is 0 Å². The summed E-state index contributed by atoms with van der Waals surface area (Å²) in [5.41, 5.74) is 0.910. The Morgan fingerprint density at radius 1 is 1.12 bits per heavy atom. The minimum absolute atomic E-state index is 0. The van der Waals surface area contributed by atoms with Crippen LogP contribution in [-0.4, -0.2) is 63.2 Å². The number of β-amino-alcohol motifs (C(OH)–C–C–N with tert-alkyl or cyclic N) is 1. The van der Waals surface area contributed by atoms with Gasteiger partial charge in [-0.3, -0.25) is 4.90 Å². The molecule has 0 aliphatic carbocycles. The lowest BCUT2D eigenvalue weighted by atomic mass is 10.0. The van der Waals surface area contributed by atoms with Crippen LogP contribution in [0.25, 0.3) is 0 Å². The number of ether oxygens (including phenoxy) is 4. The van der Waals surface area contributed by atoms with Gasteiger partial charge in [-0.2, -0.15) is 0 Å². The van der Waals surface area contributed by atoms with E-state index >= 15 is 0 Å². The number of nitrogens with zero attached hydrogens (tertiary/aromatic N) is 1. The third-order valence-corrected chi connectivity index (χ3v) is 4.69. The number of halogens is 1. The molecule has 0 saturated carbocycles. The normalized spacial score (nSPS) is 18.7. The molecule has 1 saturated heterocycles. The van der Waals surface area contributed by atoms with Crippen LogP contribution in [0.2, 0.25) is 0 Å². The van der Waals surface area contributed by atoms with Crippen LogP contribution in [0.1, 0.15) is 31.7 Å². The van der Waals surface area contributed by atoms with Crippen molar-refractivity contribution < 1.29 is 36.5 Å². The van der Waals surface area contributed by atoms with Crippen molar-refractivity contribution in [2.45, 2.75) is 44.9 Å². The molecule has 0 amide bonds. The van der Waals surface area contributed by atoms with Gasteiger partial charge in [0.25, 0.3) is 0 Å². The Morgan fingerprint density at radius 3 is 2.31 bits per heavy atom. The molecule has 2 atom stereocenters. The predicted octanol–water partition coefficient (Wildman–Crippen LogP) is -0.532. The average molecular weight is 389 g/mol. The van der Waals surface area contributed by atoms with Crippen LogP contribution in [0.4, 0.5) is 0 Å². The largest absolute Gasteiger partial charge is 1.00 e. The predicted molar refractivity (Wildman–Crippen MR) is 96.6 cm³/mol. The van der Waals surface area contributed by atoms with Crippen molar-refractivity contribution in [3.63, 3.8) is 0 Å². The van der Waals surface area contributed by atoms with Crippen LogP contribution in [0, 0.1) is 0 Å². The number of benzene rings is 1. The maximum atomic E-state index is 10.2. The summed E-state index contributed by atoms with van der Waals surface area (Å²) in [6.45, 7) is 4.63. The van der Waals surface area contributed by atoms with E-state index in [4.69, 9.17) is 18.9 Å². The summed E-state index contributed by atoms with van der Waals surface area (Å²) < 4.78 is 21.7. The maximum absolute atomic E-state index is 10.2. The fraction of sp³-hybridized carbons (Fsp3) is 0.684. The molecular formula is C19H31ClNO5-. The first-order valence-corrected chi connectivity index (χ1v) is 8.87. The van der Waals surface area contributed by atoms with Crippen LogP contribution in [-0.2, 0) is 11.3 Å². The molecule has 0 bridgehead atoms. The van der Waals surface area contributed by atoms with Gasteiger partial charge >= 0.3 is 0 Å². The van der Waals surface area contributed by atoms with Crippen molar-refractivity contribution >= 4 is 0 Å². The van der Waals surface area contributed by atoms with Crippen LogP contribution in [0.15, 0.2) is 12.1 Å². The van der Waals surface area contributed by atoms with Crippen LogP contribution < -0.4 is 26.6 Å². The first-order valence-electron chi connectivity index (χ1n) is 8.87. The monoisotopic (exact) mass is 388 g/mol.